The van der Waals surface area contributed by atoms with E-state index in [0.29, 0.717) is 0 Å². The molecule has 3 nitrogen and oxygen atoms in total. The van der Waals surface area contributed by atoms with Gasteiger partial charge >= 0.3 is 6.09 Å². The summed E-state index contributed by atoms with van der Waals surface area (Å²) in [5.41, 5.74) is 9.22. The second-order valence-electron chi connectivity index (χ2n) is 6.13. The SMILES string of the molecule is CC(C)=C(C)Cc1c(C)c(C)c(C)c(C)c1N(C)C(=O)O. The Morgan fingerprint density at radius 3 is 1.86 bits per heavy atom. The number of hydrogen-bond donors (Lipinski definition) is 1. The molecule has 0 bridgehead atoms. The minimum absolute atomic E-state index is 0.795. The van der Waals surface area contributed by atoms with E-state index in [1.165, 1.54) is 32.7 Å². The smallest absolute Gasteiger partial charge is 0.411 e. The predicted octanol–water partition coefficient (Wildman–Crippen LogP) is 4.93. The maximum Gasteiger partial charge on any atom is 0.411 e. The number of hydrogen-bond acceptors (Lipinski definition) is 1. The number of carboxylic acid groups (broad SMARTS) is 1. The van der Waals surface area contributed by atoms with E-state index in [2.05, 4.69) is 41.5 Å². The molecule has 0 atom stereocenters. The molecular formula is C18H27NO2. The van der Waals surface area contributed by atoms with Crippen molar-refractivity contribution >= 4 is 11.8 Å². The van der Waals surface area contributed by atoms with Gasteiger partial charge in [0.05, 0.1) is 5.69 Å². The summed E-state index contributed by atoms with van der Waals surface area (Å²) in [5, 5.41) is 9.39. The summed E-state index contributed by atoms with van der Waals surface area (Å²) in [6.07, 6.45) is -0.125. The molecule has 116 valence electrons. The number of benzene rings is 1. The summed E-state index contributed by atoms with van der Waals surface area (Å²) >= 11 is 0. The number of anilines is 1. The van der Waals surface area contributed by atoms with Gasteiger partial charge in [-0.05, 0) is 82.7 Å². The van der Waals surface area contributed by atoms with Crippen molar-refractivity contribution in [3.63, 3.8) is 0 Å². The van der Waals surface area contributed by atoms with E-state index >= 15 is 0 Å². The fourth-order valence-corrected chi connectivity index (χ4v) is 2.58. The lowest BCUT2D eigenvalue weighted by Crippen LogP contribution is -2.27. The minimum Gasteiger partial charge on any atom is -0.465 e. The average molecular weight is 289 g/mol. The van der Waals surface area contributed by atoms with Crippen molar-refractivity contribution in [1.29, 1.82) is 0 Å². The molecule has 1 aromatic carbocycles. The molecule has 0 heterocycles. The van der Waals surface area contributed by atoms with Crippen LogP contribution in [0.3, 0.4) is 0 Å². The zero-order chi connectivity index (χ0) is 16.5. The average Bonchev–Trinajstić information content (AvgIpc) is 2.41. The van der Waals surface area contributed by atoms with Crippen molar-refractivity contribution in [2.75, 3.05) is 11.9 Å². The van der Waals surface area contributed by atoms with Gasteiger partial charge in [0.25, 0.3) is 0 Å². The van der Waals surface area contributed by atoms with Crippen LogP contribution in [0, 0.1) is 27.7 Å². The Balaban J connectivity index is 3.67. The molecule has 0 saturated carbocycles. The highest BCUT2D eigenvalue weighted by Crippen LogP contribution is 2.35. The van der Waals surface area contributed by atoms with Gasteiger partial charge in [-0.15, -0.1) is 0 Å². The molecule has 0 aliphatic carbocycles. The van der Waals surface area contributed by atoms with E-state index in [9.17, 15) is 9.90 Å². The Morgan fingerprint density at radius 1 is 0.952 bits per heavy atom. The summed E-state index contributed by atoms with van der Waals surface area (Å²) in [7, 11) is 1.63. The van der Waals surface area contributed by atoms with E-state index in [4.69, 9.17) is 0 Å². The molecule has 0 saturated heterocycles. The topological polar surface area (TPSA) is 40.5 Å². The molecule has 1 N–H and O–H groups in total. The molecule has 0 radical (unpaired) electrons. The fraction of sp³-hybridized carbons (Fsp3) is 0.500. The zero-order valence-electron chi connectivity index (χ0n) is 14.5. The van der Waals surface area contributed by atoms with E-state index in [-0.39, 0.29) is 0 Å². The number of amides is 1. The summed E-state index contributed by atoms with van der Waals surface area (Å²) in [6.45, 7) is 14.6. The van der Waals surface area contributed by atoms with Gasteiger partial charge in [-0.25, -0.2) is 4.79 Å². The summed E-state index contributed by atoms with van der Waals surface area (Å²) in [4.78, 5) is 12.8. The third-order valence-corrected chi connectivity index (χ3v) is 4.70. The van der Waals surface area contributed by atoms with Crippen molar-refractivity contribution in [2.24, 2.45) is 0 Å². The number of carbonyl (C=O) groups is 1. The maximum absolute atomic E-state index is 11.4. The first kappa shape index (κ1) is 17.3. The molecule has 1 aromatic rings. The van der Waals surface area contributed by atoms with Crippen molar-refractivity contribution in [2.45, 2.75) is 54.9 Å². The van der Waals surface area contributed by atoms with Crippen molar-refractivity contribution < 1.29 is 9.90 Å². The number of nitrogens with zero attached hydrogens (tertiary/aromatic N) is 1. The van der Waals surface area contributed by atoms with E-state index < -0.39 is 6.09 Å². The molecule has 1 amide bonds. The molecule has 0 fully saturated rings. The van der Waals surface area contributed by atoms with Crippen LogP contribution in [0.2, 0.25) is 0 Å². The van der Waals surface area contributed by atoms with Gasteiger partial charge in [-0.1, -0.05) is 11.1 Å². The zero-order valence-corrected chi connectivity index (χ0v) is 14.5. The molecule has 0 spiro atoms. The van der Waals surface area contributed by atoms with Gasteiger partial charge in [0, 0.05) is 7.05 Å². The lowest BCUT2D eigenvalue weighted by Gasteiger charge is -2.26. The highest BCUT2D eigenvalue weighted by Gasteiger charge is 2.21. The number of rotatable bonds is 3. The van der Waals surface area contributed by atoms with Crippen molar-refractivity contribution in [1.82, 2.24) is 0 Å². The van der Waals surface area contributed by atoms with Crippen molar-refractivity contribution in [3.05, 3.63) is 39.0 Å². The van der Waals surface area contributed by atoms with Crippen LogP contribution in [-0.2, 0) is 6.42 Å². The highest BCUT2D eigenvalue weighted by molar-refractivity contribution is 5.89. The van der Waals surface area contributed by atoms with E-state index in [0.717, 1.165) is 23.2 Å². The normalized spacial score (nSPS) is 10.5. The fourth-order valence-electron chi connectivity index (χ4n) is 2.58. The van der Waals surface area contributed by atoms with Crippen LogP contribution >= 0.6 is 0 Å². The van der Waals surface area contributed by atoms with E-state index in [1.54, 1.807) is 7.05 Å². The molecule has 0 aliphatic heterocycles. The largest absolute Gasteiger partial charge is 0.465 e. The van der Waals surface area contributed by atoms with Gasteiger partial charge in [0.15, 0.2) is 0 Å². The summed E-state index contributed by atoms with van der Waals surface area (Å²) in [5.74, 6) is 0. The van der Waals surface area contributed by atoms with Crippen LogP contribution in [0.1, 0.15) is 48.6 Å². The standard InChI is InChI=1S/C18H27NO2/c1-10(2)11(3)9-16-14(6)12(4)13(5)15(7)17(16)19(8)18(20)21/h9H2,1-8H3,(H,20,21). The van der Waals surface area contributed by atoms with Crippen LogP contribution < -0.4 is 4.90 Å². The number of allylic oxidation sites excluding steroid dienone is 2. The van der Waals surface area contributed by atoms with Crippen LogP contribution in [0.4, 0.5) is 10.5 Å². The van der Waals surface area contributed by atoms with Gasteiger partial charge < -0.3 is 5.11 Å². The van der Waals surface area contributed by atoms with Crippen LogP contribution in [0.15, 0.2) is 11.1 Å². The molecule has 0 unspecified atom stereocenters. The molecule has 1 rings (SSSR count). The lowest BCUT2D eigenvalue weighted by atomic mass is 9.88. The minimum atomic E-state index is -0.920. The first-order valence-corrected chi connectivity index (χ1v) is 7.28. The quantitative estimate of drug-likeness (QED) is 0.801. The third-order valence-electron chi connectivity index (χ3n) is 4.70. The Labute approximate surface area is 128 Å². The molecular weight excluding hydrogens is 262 g/mol. The summed E-state index contributed by atoms with van der Waals surface area (Å²) in [6, 6.07) is 0. The third kappa shape index (κ3) is 3.29. The van der Waals surface area contributed by atoms with Crippen LogP contribution in [0.5, 0.6) is 0 Å². The van der Waals surface area contributed by atoms with Gasteiger partial charge in [0.1, 0.15) is 0 Å². The Bertz CT molecular complexity index is 608. The first-order chi connectivity index (χ1) is 9.59. The Morgan fingerprint density at radius 2 is 1.43 bits per heavy atom. The Kier molecular flexibility index (Phi) is 5.21. The monoisotopic (exact) mass is 289 g/mol. The predicted molar refractivity (Wildman–Crippen MR) is 89.6 cm³/mol. The second-order valence-corrected chi connectivity index (χ2v) is 6.13. The van der Waals surface area contributed by atoms with Gasteiger partial charge in [-0.2, -0.15) is 0 Å². The maximum atomic E-state index is 11.4. The van der Waals surface area contributed by atoms with Crippen LogP contribution in [-0.4, -0.2) is 18.2 Å². The molecule has 3 heteroatoms. The van der Waals surface area contributed by atoms with Crippen LogP contribution in [0.25, 0.3) is 0 Å². The van der Waals surface area contributed by atoms with Crippen molar-refractivity contribution in [3.8, 4) is 0 Å². The van der Waals surface area contributed by atoms with E-state index in [1.807, 2.05) is 6.92 Å². The van der Waals surface area contributed by atoms with Gasteiger partial charge in [0.2, 0.25) is 0 Å². The molecule has 0 aromatic heterocycles. The Hall–Kier alpha value is -1.77. The van der Waals surface area contributed by atoms with Gasteiger partial charge in [-0.3, -0.25) is 4.90 Å². The summed E-state index contributed by atoms with van der Waals surface area (Å²) < 4.78 is 0. The highest BCUT2D eigenvalue weighted by atomic mass is 16.4. The first-order valence-electron chi connectivity index (χ1n) is 7.28. The molecule has 0 aliphatic rings. The lowest BCUT2D eigenvalue weighted by molar-refractivity contribution is 0.203. The molecule has 21 heavy (non-hydrogen) atoms. The second kappa shape index (κ2) is 6.33.